The summed E-state index contributed by atoms with van der Waals surface area (Å²) in [7, 11) is 0. The van der Waals surface area contributed by atoms with Gasteiger partial charge in [-0.1, -0.05) is 24.3 Å². The van der Waals surface area contributed by atoms with Gasteiger partial charge in [-0.25, -0.2) is 14.8 Å². The van der Waals surface area contributed by atoms with Crippen molar-refractivity contribution in [3.05, 3.63) is 81.9 Å². The number of anilines is 1. The number of hydrogen-bond acceptors (Lipinski definition) is 6. The van der Waals surface area contributed by atoms with Crippen molar-refractivity contribution in [2.75, 3.05) is 18.0 Å². The number of rotatable bonds is 4. The molecule has 4 aromatic rings. The highest BCUT2D eigenvalue weighted by atomic mass is 16.5. The summed E-state index contributed by atoms with van der Waals surface area (Å²) in [5, 5.41) is 0.884. The van der Waals surface area contributed by atoms with Crippen molar-refractivity contribution >= 4 is 28.3 Å². The highest BCUT2D eigenvalue weighted by molar-refractivity contribution is 5.99. The van der Waals surface area contributed by atoms with Crippen molar-refractivity contribution in [2.45, 2.75) is 26.4 Å². The van der Waals surface area contributed by atoms with Crippen molar-refractivity contribution < 1.29 is 9.53 Å². The van der Waals surface area contributed by atoms with Crippen molar-refractivity contribution in [1.29, 1.82) is 0 Å². The first-order chi connectivity index (χ1) is 15.1. The van der Waals surface area contributed by atoms with Gasteiger partial charge in [0.1, 0.15) is 23.6 Å². The molecule has 7 nitrogen and oxygen atoms in total. The summed E-state index contributed by atoms with van der Waals surface area (Å²) >= 11 is 0. The van der Waals surface area contributed by atoms with Gasteiger partial charge in [-0.15, -0.1) is 0 Å². The van der Waals surface area contributed by atoms with Gasteiger partial charge in [0.25, 0.3) is 5.56 Å². The van der Waals surface area contributed by atoms with E-state index < -0.39 is 5.97 Å². The van der Waals surface area contributed by atoms with E-state index in [0.717, 1.165) is 42.4 Å². The summed E-state index contributed by atoms with van der Waals surface area (Å²) in [6, 6.07) is 14.7. The van der Waals surface area contributed by atoms with Crippen LogP contribution in [0.25, 0.3) is 16.6 Å². The van der Waals surface area contributed by atoms with Crippen LogP contribution >= 0.6 is 0 Å². The van der Waals surface area contributed by atoms with Crippen LogP contribution in [-0.2, 0) is 11.3 Å². The smallest absolute Gasteiger partial charge is 0.342 e. The fourth-order valence-corrected chi connectivity index (χ4v) is 4.03. The maximum absolute atomic E-state index is 13.1. The monoisotopic (exact) mass is 414 g/mol. The number of fused-ring (bicyclic) bond motifs is 2. The third-order valence-electron chi connectivity index (χ3n) is 5.62. The summed E-state index contributed by atoms with van der Waals surface area (Å²) < 4.78 is 7.08. The molecule has 0 spiro atoms. The molecule has 1 fully saturated rings. The Bertz CT molecular complexity index is 1360. The van der Waals surface area contributed by atoms with Gasteiger partial charge in [0.05, 0.1) is 11.2 Å². The second kappa shape index (κ2) is 7.83. The lowest BCUT2D eigenvalue weighted by Crippen LogP contribution is -2.23. The first kappa shape index (κ1) is 19.2. The number of para-hydroxylation sites is 1. The van der Waals surface area contributed by atoms with Gasteiger partial charge >= 0.3 is 5.97 Å². The minimum absolute atomic E-state index is 0.0782. The standard InChI is InChI=1S/C24H22N4O3/c1-16-7-6-12-28-21(29)14-18(25-22(16)28)15-31-24(30)19-13-17-8-2-3-9-20(17)26-23(19)27-10-4-5-11-27/h2-3,6-9,12-14H,4-5,10-11,15H2,1H3. The molecule has 0 amide bonds. The van der Waals surface area contributed by atoms with Crippen LogP contribution in [0.4, 0.5) is 5.82 Å². The van der Waals surface area contributed by atoms with E-state index in [0.29, 0.717) is 22.7 Å². The first-order valence-electron chi connectivity index (χ1n) is 10.4. The highest BCUT2D eigenvalue weighted by Crippen LogP contribution is 2.27. The van der Waals surface area contributed by atoms with Crippen LogP contribution in [0, 0.1) is 6.92 Å². The summed E-state index contributed by atoms with van der Waals surface area (Å²) in [4.78, 5) is 36.9. The SMILES string of the molecule is Cc1cccn2c(=O)cc(COC(=O)c3cc4ccccc4nc3N3CCCC3)nc12. The van der Waals surface area contributed by atoms with Gasteiger partial charge in [-0.2, -0.15) is 0 Å². The van der Waals surface area contributed by atoms with Crippen molar-refractivity contribution in [3.8, 4) is 0 Å². The van der Waals surface area contributed by atoms with Crippen LogP contribution in [0.2, 0.25) is 0 Å². The minimum Gasteiger partial charge on any atom is -0.455 e. The summed E-state index contributed by atoms with van der Waals surface area (Å²) in [5.41, 5.74) is 2.94. The lowest BCUT2D eigenvalue weighted by atomic mass is 10.1. The Morgan fingerprint density at radius 3 is 2.71 bits per heavy atom. The van der Waals surface area contributed by atoms with Crippen LogP contribution in [0.1, 0.15) is 34.5 Å². The molecule has 1 aromatic carbocycles. The van der Waals surface area contributed by atoms with Crippen LogP contribution in [0.5, 0.6) is 0 Å². The zero-order chi connectivity index (χ0) is 21.4. The van der Waals surface area contributed by atoms with Crippen LogP contribution in [0.15, 0.2) is 59.5 Å². The quantitative estimate of drug-likeness (QED) is 0.476. The Hall–Kier alpha value is -3.74. The van der Waals surface area contributed by atoms with E-state index in [-0.39, 0.29) is 12.2 Å². The molecule has 0 N–H and O–H groups in total. The largest absolute Gasteiger partial charge is 0.455 e. The number of hydrogen-bond donors (Lipinski definition) is 0. The molecule has 7 heteroatoms. The lowest BCUT2D eigenvalue weighted by molar-refractivity contribution is 0.0468. The molecule has 0 aliphatic carbocycles. The summed E-state index contributed by atoms with van der Waals surface area (Å²) in [5.74, 6) is 0.190. The molecular weight excluding hydrogens is 392 g/mol. The molecule has 31 heavy (non-hydrogen) atoms. The molecule has 3 aromatic heterocycles. The predicted octanol–water partition coefficient (Wildman–Crippen LogP) is 3.51. The fraction of sp³-hybridized carbons (Fsp3) is 0.250. The maximum atomic E-state index is 13.1. The number of carbonyl (C=O) groups is 1. The number of carbonyl (C=O) groups excluding carboxylic acids is 1. The van der Waals surface area contributed by atoms with Crippen molar-refractivity contribution in [3.63, 3.8) is 0 Å². The molecule has 1 saturated heterocycles. The molecule has 0 saturated carbocycles. The zero-order valence-electron chi connectivity index (χ0n) is 17.2. The van der Waals surface area contributed by atoms with E-state index in [4.69, 9.17) is 9.72 Å². The van der Waals surface area contributed by atoms with Gasteiger partial charge < -0.3 is 9.64 Å². The van der Waals surface area contributed by atoms with Gasteiger partial charge in [-0.3, -0.25) is 9.20 Å². The number of esters is 1. The van der Waals surface area contributed by atoms with Crippen LogP contribution in [-0.4, -0.2) is 33.4 Å². The van der Waals surface area contributed by atoms with E-state index in [1.807, 2.05) is 43.3 Å². The Kier molecular flexibility index (Phi) is 4.86. The molecule has 4 heterocycles. The van der Waals surface area contributed by atoms with E-state index in [9.17, 15) is 9.59 Å². The van der Waals surface area contributed by atoms with E-state index >= 15 is 0 Å². The second-order valence-electron chi connectivity index (χ2n) is 7.79. The van der Waals surface area contributed by atoms with Gasteiger partial charge in [0.15, 0.2) is 0 Å². The topological polar surface area (TPSA) is 76.8 Å². The molecule has 0 unspecified atom stereocenters. The Morgan fingerprint density at radius 2 is 1.87 bits per heavy atom. The number of aryl methyl sites for hydroxylation is 1. The molecule has 1 aliphatic heterocycles. The zero-order valence-corrected chi connectivity index (χ0v) is 17.2. The summed E-state index contributed by atoms with van der Waals surface area (Å²) in [6.07, 6.45) is 3.83. The first-order valence-corrected chi connectivity index (χ1v) is 10.4. The van der Waals surface area contributed by atoms with Gasteiger partial charge in [-0.05, 0) is 43.5 Å². The number of nitrogens with zero attached hydrogens (tertiary/aromatic N) is 4. The normalized spacial score (nSPS) is 13.8. The van der Waals surface area contributed by atoms with Gasteiger partial charge in [0.2, 0.25) is 0 Å². The number of pyridine rings is 2. The predicted molar refractivity (Wildman–Crippen MR) is 119 cm³/mol. The van der Waals surface area contributed by atoms with E-state index in [1.165, 1.54) is 10.5 Å². The Balaban J connectivity index is 1.46. The molecule has 0 bridgehead atoms. The van der Waals surface area contributed by atoms with E-state index in [1.54, 1.807) is 12.3 Å². The Morgan fingerprint density at radius 1 is 1.06 bits per heavy atom. The van der Waals surface area contributed by atoms with Crippen molar-refractivity contribution in [1.82, 2.24) is 14.4 Å². The third kappa shape index (κ3) is 3.63. The third-order valence-corrected chi connectivity index (χ3v) is 5.62. The van der Waals surface area contributed by atoms with Crippen LogP contribution in [0.3, 0.4) is 0 Å². The molecule has 0 atom stereocenters. The molecular formula is C24H22N4O3. The van der Waals surface area contributed by atoms with Crippen molar-refractivity contribution in [2.24, 2.45) is 0 Å². The fourth-order valence-electron chi connectivity index (χ4n) is 4.03. The average molecular weight is 414 g/mol. The minimum atomic E-state index is -0.466. The number of benzene rings is 1. The molecule has 5 rings (SSSR count). The molecule has 0 radical (unpaired) electrons. The number of aromatic nitrogens is 3. The molecule has 1 aliphatic rings. The second-order valence-corrected chi connectivity index (χ2v) is 7.79. The number of ether oxygens (including phenoxy) is 1. The average Bonchev–Trinajstić information content (AvgIpc) is 3.32. The van der Waals surface area contributed by atoms with Crippen LogP contribution < -0.4 is 10.5 Å². The van der Waals surface area contributed by atoms with E-state index in [2.05, 4.69) is 9.88 Å². The maximum Gasteiger partial charge on any atom is 0.342 e. The summed E-state index contributed by atoms with van der Waals surface area (Å²) in [6.45, 7) is 3.55. The van der Waals surface area contributed by atoms with Gasteiger partial charge in [0, 0.05) is 30.7 Å². The molecule has 156 valence electrons. The highest BCUT2D eigenvalue weighted by Gasteiger charge is 2.23. The lowest BCUT2D eigenvalue weighted by Gasteiger charge is -2.20. The Labute approximate surface area is 178 Å².